The molecule has 2 nitrogen and oxygen atoms in total. The zero-order valence-corrected chi connectivity index (χ0v) is 11.8. The minimum atomic E-state index is -4.69. The molecule has 6 heteroatoms. The average Bonchev–Trinajstić information content (AvgIpc) is 2.33. The van der Waals surface area contributed by atoms with Gasteiger partial charge in [-0.1, -0.05) is 6.42 Å². The van der Waals surface area contributed by atoms with Crippen molar-refractivity contribution in [3.63, 3.8) is 0 Å². The van der Waals surface area contributed by atoms with Crippen LogP contribution in [0.3, 0.4) is 0 Å². The number of rotatable bonds is 3. The zero-order valence-electron chi connectivity index (χ0n) is 10.2. The first-order chi connectivity index (χ1) is 8.94. The van der Waals surface area contributed by atoms with Gasteiger partial charge < -0.3 is 9.47 Å². The highest BCUT2D eigenvalue weighted by Gasteiger charge is 2.32. The highest BCUT2D eigenvalue weighted by Crippen LogP contribution is 2.34. The van der Waals surface area contributed by atoms with Crippen LogP contribution < -0.4 is 9.47 Å². The SMILES string of the molecule is FC(F)(F)Oc1ccc(OC2CCCCC2)cc1Br. The number of hydrogen-bond acceptors (Lipinski definition) is 2. The van der Waals surface area contributed by atoms with Crippen molar-refractivity contribution < 1.29 is 22.6 Å². The Bertz CT molecular complexity index is 428. The van der Waals surface area contributed by atoms with E-state index < -0.39 is 6.36 Å². The summed E-state index contributed by atoms with van der Waals surface area (Å²) in [6.45, 7) is 0. The van der Waals surface area contributed by atoms with Gasteiger partial charge in [-0.2, -0.15) is 0 Å². The molecule has 0 spiro atoms. The molecule has 1 fully saturated rings. The molecule has 0 atom stereocenters. The fraction of sp³-hybridized carbons (Fsp3) is 0.538. The molecule has 0 bridgehead atoms. The third kappa shape index (κ3) is 4.60. The second-order valence-electron chi connectivity index (χ2n) is 4.52. The van der Waals surface area contributed by atoms with Gasteiger partial charge >= 0.3 is 6.36 Å². The van der Waals surface area contributed by atoms with Crippen molar-refractivity contribution in [2.45, 2.75) is 44.6 Å². The molecule has 0 amide bonds. The minimum Gasteiger partial charge on any atom is -0.490 e. The molecular weight excluding hydrogens is 325 g/mol. The molecule has 2 rings (SSSR count). The lowest BCUT2D eigenvalue weighted by Crippen LogP contribution is -2.20. The van der Waals surface area contributed by atoms with Gasteiger partial charge in [0.25, 0.3) is 0 Å². The lowest BCUT2D eigenvalue weighted by Gasteiger charge is -2.23. The van der Waals surface area contributed by atoms with Gasteiger partial charge in [-0.15, -0.1) is 13.2 Å². The first kappa shape index (κ1) is 14.5. The molecule has 0 aliphatic heterocycles. The van der Waals surface area contributed by atoms with Crippen LogP contribution in [-0.2, 0) is 0 Å². The molecule has 19 heavy (non-hydrogen) atoms. The molecule has 1 aromatic carbocycles. The molecule has 1 aliphatic carbocycles. The number of hydrogen-bond donors (Lipinski definition) is 0. The van der Waals surface area contributed by atoms with Crippen molar-refractivity contribution in [1.29, 1.82) is 0 Å². The van der Waals surface area contributed by atoms with E-state index in [1.807, 2.05) is 0 Å². The van der Waals surface area contributed by atoms with Crippen LogP contribution in [-0.4, -0.2) is 12.5 Å². The molecule has 0 aromatic heterocycles. The summed E-state index contributed by atoms with van der Waals surface area (Å²) in [4.78, 5) is 0. The summed E-state index contributed by atoms with van der Waals surface area (Å²) in [6, 6.07) is 4.27. The van der Waals surface area contributed by atoms with E-state index in [2.05, 4.69) is 20.7 Å². The van der Waals surface area contributed by atoms with E-state index in [1.54, 1.807) is 0 Å². The Kier molecular flexibility index (Phi) is 4.60. The van der Waals surface area contributed by atoms with Crippen LogP contribution in [0.25, 0.3) is 0 Å². The van der Waals surface area contributed by atoms with Gasteiger partial charge in [0.15, 0.2) is 0 Å². The topological polar surface area (TPSA) is 18.5 Å². The lowest BCUT2D eigenvalue weighted by atomic mass is 9.98. The van der Waals surface area contributed by atoms with E-state index in [9.17, 15) is 13.2 Å². The van der Waals surface area contributed by atoms with E-state index in [4.69, 9.17) is 4.74 Å². The van der Waals surface area contributed by atoms with Crippen LogP contribution >= 0.6 is 15.9 Å². The summed E-state index contributed by atoms with van der Waals surface area (Å²) in [6.07, 6.45) is 0.977. The third-order valence-electron chi connectivity index (χ3n) is 2.98. The quantitative estimate of drug-likeness (QED) is 0.766. The molecule has 0 N–H and O–H groups in total. The second-order valence-corrected chi connectivity index (χ2v) is 5.37. The Hall–Kier alpha value is -0.910. The van der Waals surface area contributed by atoms with E-state index >= 15 is 0 Å². The molecule has 106 valence electrons. The van der Waals surface area contributed by atoms with Crippen LogP contribution in [0.5, 0.6) is 11.5 Å². The Morgan fingerprint density at radius 3 is 2.37 bits per heavy atom. The van der Waals surface area contributed by atoms with E-state index in [0.29, 0.717) is 5.75 Å². The molecule has 0 heterocycles. The molecular formula is C13H14BrF3O2. The maximum absolute atomic E-state index is 12.1. The van der Waals surface area contributed by atoms with Crippen LogP contribution in [0.1, 0.15) is 32.1 Å². The summed E-state index contributed by atoms with van der Waals surface area (Å²) in [5.74, 6) is 0.303. The van der Waals surface area contributed by atoms with Crippen LogP contribution in [0, 0.1) is 0 Å². The first-order valence-corrected chi connectivity index (χ1v) is 6.95. The highest BCUT2D eigenvalue weighted by molar-refractivity contribution is 9.10. The standard InChI is InChI=1S/C13H14BrF3O2/c14-11-8-10(18-9-4-2-1-3-5-9)6-7-12(11)19-13(15,16)17/h6-9H,1-5H2. The maximum atomic E-state index is 12.1. The van der Waals surface area contributed by atoms with Crippen LogP contribution in [0.4, 0.5) is 13.2 Å². The predicted octanol–water partition coefficient (Wildman–Crippen LogP) is 5.06. The highest BCUT2D eigenvalue weighted by atomic mass is 79.9. The van der Waals surface area contributed by atoms with Crippen molar-refractivity contribution in [2.24, 2.45) is 0 Å². The summed E-state index contributed by atoms with van der Waals surface area (Å²) in [7, 11) is 0. The number of ether oxygens (including phenoxy) is 2. The van der Waals surface area contributed by atoms with Crippen molar-refractivity contribution in [2.75, 3.05) is 0 Å². The van der Waals surface area contributed by atoms with Gasteiger partial charge in [-0.3, -0.25) is 0 Å². The van der Waals surface area contributed by atoms with Gasteiger partial charge in [0, 0.05) is 0 Å². The van der Waals surface area contributed by atoms with Crippen molar-refractivity contribution in [1.82, 2.24) is 0 Å². The summed E-state index contributed by atoms with van der Waals surface area (Å²) in [5, 5.41) is 0. The molecule has 1 aliphatic rings. The molecule has 0 unspecified atom stereocenters. The van der Waals surface area contributed by atoms with E-state index in [-0.39, 0.29) is 16.3 Å². The molecule has 0 saturated heterocycles. The summed E-state index contributed by atoms with van der Waals surface area (Å²) >= 11 is 3.06. The average molecular weight is 339 g/mol. The Labute approximate surface area is 118 Å². The Morgan fingerprint density at radius 2 is 1.79 bits per heavy atom. The maximum Gasteiger partial charge on any atom is 0.573 e. The normalized spacial score (nSPS) is 17.3. The van der Waals surface area contributed by atoms with Crippen molar-refractivity contribution >= 4 is 15.9 Å². The van der Waals surface area contributed by atoms with Gasteiger partial charge in [0.1, 0.15) is 11.5 Å². The number of halogens is 4. The number of benzene rings is 1. The fourth-order valence-corrected chi connectivity index (χ4v) is 2.58. The second kappa shape index (κ2) is 6.03. The Balaban J connectivity index is 2.01. The van der Waals surface area contributed by atoms with Crippen LogP contribution in [0.2, 0.25) is 0 Å². The van der Waals surface area contributed by atoms with Crippen LogP contribution in [0.15, 0.2) is 22.7 Å². The minimum absolute atomic E-state index is 0.162. The third-order valence-corrected chi connectivity index (χ3v) is 3.60. The molecule has 0 radical (unpaired) electrons. The predicted molar refractivity (Wildman–Crippen MR) is 68.3 cm³/mol. The lowest BCUT2D eigenvalue weighted by molar-refractivity contribution is -0.274. The smallest absolute Gasteiger partial charge is 0.490 e. The first-order valence-electron chi connectivity index (χ1n) is 6.16. The summed E-state index contributed by atoms with van der Waals surface area (Å²) in [5.41, 5.74) is 0. The largest absolute Gasteiger partial charge is 0.573 e. The number of alkyl halides is 3. The van der Waals surface area contributed by atoms with Gasteiger partial charge in [-0.25, -0.2) is 0 Å². The van der Waals surface area contributed by atoms with Gasteiger partial charge in [0.05, 0.1) is 10.6 Å². The van der Waals surface area contributed by atoms with E-state index in [1.165, 1.54) is 24.6 Å². The fourth-order valence-electron chi connectivity index (χ4n) is 2.14. The summed E-state index contributed by atoms with van der Waals surface area (Å²) < 4.78 is 46.2. The van der Waals surface area contributed by atoms with Gasteiger partial charge in [0.2, 0.25) is 0 Å². The Morgan fingerprint density at radius 1 is 1.11 bits per heavy atom. The van der Waals surface area contributed by atoms with E-state index in [0.717, 1.165) is 25.7 Å². The monoisotopic (exact) mass is 338 g/mol. The van der Waals surface area contributed by atoms with Gasteiger partial charge in [-0.05, 0) is 59.8 Å². The van der Waals surface area contributed by atoms with Crippen molar-refractivity contribution in [3.05, 3.63) is 22.7 Å². The zero-order chi connectivity index (χ0) is 13.9. The van der Waals surface area contributed by atoms with Crippen molar-refractivity contribution in [3.8, 4) is 11.5 Å². The molecule has 1 aromatic rings. The molecule has 1 saturated carbocycles.